The topological polar surface area (TPSA) is 126 Å². The third-order valence-corrected chi connectivity index (χ3v) is 1.82. The van der Waals surface area contributed by atoms with Crippen molar-refractivity contribution in [2.24, 2.45) is 5.73 Å². The number of amides is 1. The van der Waals surface area contributed by atoms with Gasteiger partial charge in [0.25, 0.3) is 0 Å². The first-order valence-electron chi connectivity index (χ1n) is 4.41. The molecule has 0 fully saturated rings. The number of primary amides is 1. The Hall–Kier alpha value is -2.15. The molecule has 1 heterocycles. The van der Waals surface area contributed by atoms with Gasteiger partial charge in [0.1, 0.15) is 11.9 Å². The Balaban J connectivity index is 2.56. The first-order valence-corrected chi connectivity index (χ1v) is 4.41. The molecule has 0 aromatic carbocycles. The number of aromatic nitrogens is 1. The molecule has 0 aliphatic carbocycles. The predicted molar refractivity (Wildman–Crippen MR) is 54.9 cm³/mol. The number of carbonyl (C=O) groups is 2. The molecule has 0 radical (unpaired) electrons. The summed E-state index contributed by atoms with van der Waals surface area (Å²) in [4.78, 5) is 24.8. The van der Waals surface area contributed by atoms with Crippen molar-refractivity contribution in [2.45, 2.75) is 6.10 Å². The molecule has 86 valence electrons. The van der Waals surface area contributed by atoms with E-state index in [4.69, 9.17) is 15.9 Å². The Bertz CT molecular complexity index is 390. The van der Waals surface area contributed by atoms with E-state index in [9.17, 15) is 9.59 Å². The van der Waals surface area contributed by atoms with Crippen LogP contribution >= 0.6 is 0 Å². The third-order valence-electron chi connectivity index (χ3n) is 1.82. The molecule has 1 aromatic rings. The van der Waals surface area contributed by atoms with E-state index in [1.54, 1.807) is 0 Å². The molecule has 1 atom stereocenters. The van der Waals surface area contributed by atoms with Gasteiger partial charge >= 0.3 is 5.97 Å². The summed E-state index contributed by atoms with van der Waals surface area (Å²) in [5.74, 6) is -1.56. The Kier molecular flexibility index (Phi) is 3.78. The molecular weight excluding hydrogens is 214 g/mol. The summed E-state index contributed by atoms with van der Waals surface area (Å²) in [6.07, 6.45) is -0.137. The summed E-state index contributed by atoms with van der Waals surface area (Å²) in [5.41, 5.74) is 4.89. The molecule has 0 spiro atoms. The summed E-state index contributed by atoms with van der Waals surface area (Å²) >= 11 is 0. The van der Waals surface area contributed by atoms with Crippen LogP contribution in [0.2, 0.25) is 0 Å². The van der Waals surface area contributed by atoms with Crippen LogP contribution in [0.15, 0.2) is 18.3 Å². The van der Waals surface area contributed by atoms with Crippen LogP contribution in [0.1, 0.15) is 10.4 Å². The Morgan fingerprint density at radius 1 is 1.50 bits per heavy atom. The standard InChI is InChI=1S/C9H11N3O4/c10-8(14)6(13)4-12-7-2-1-5(3-11-7)9(15)16/h1-3,6,13H,4H2,(H2,10,14)(H,11,12)(H,15,16). The first kappa shape index (κ1) is 11.9. The predicted octanol–water partition coefficient (Wildman–Crippen LogP) is -0.962. The van der Waals surface area contributed by atoms with Gasteiger partial charge < -0.3 is 21.3 Å². The van der Waals surface area contributed by atoms with E-state index in [0.29, 0.717) is 5.82 Å². The van der Waals surface area contributed by atoms with Crippen molar-refractivity contribution in [2.75, 3.05) is 11.9 Å². The van der Waals surface area contributed by atoms with Crippen LogP contribution in [0.4, 0.5) is 5.82 Å². The zero-order valence-corrected chi connectivity index (χ0v) is 8.25. The summed E-state index contributed by atoms with van der Waals surface area (Å²) in [5, 5.41) is 20.3. The minimum absolute atomic E-state index is 0.0565. The molecule has 0 aliphatic rings. The molecule has 0 saturated carbocycles. The van der Waals surface area contributed by atoms with E-state index < -0.39 is 18.0 Å². The lowest BCUT2D eigenvalue weighted by Gasteiger charge is -2.08. The normalized spacial score (nSPS) is 11.8. The second kappa shape index (κ2) is 5.08. The lowest BCUT2D eigenvalue weighted by atomic mass is 10.3. The summed E-state index contributed by atoms with van der Waals surface area (Å²) in [6.45, 7) is -0.0747. The minimum Gasteiger partial charge on any atom is -0.478 e. The molecule has 7 heteroatoms. The third kappa shape index (κ3) is 3.21. The number of pyridine rings is 1. The van der Waals surface area contributed by atoms with Gasteiger partial charge in [-0.1, -0.05) is 0 Å². The summed E-state index contributed by atoms with van der Waals surface area (Å²) < 4.78 is 0. The van der Waals surface area contributed by atoms with Crippen molar-refractivity contribution in [3.8, 4) is 0 Å². The number of nitrogens with two attached hydrogens (primary N) is 1. The number of aliphatic hydroxyl groups is 1. The summed E-state index contributed by atoms with van der Waals surface area (Å²) in [7, 11) is 0. The van der Waals surface area contributed by atoms with Gasteiger partial charge in [0.15, 0.2) is 0 Å². The van der Waals surface area contributed by atoms with E-state index in [2.05, 4.69) is 10.3 Å². The number of rotatable bonds is 5. The van der Waals surface area contributed by atoms with Gasteiger partial charge in [-0.25, -0.2) is 9.78 Å². The van der Waals surface area contributed by atoms with E-state index >= 15 is 0 Å². The van der Waals surface area contributed by atoms with Gasteiger partial charge in [-0.05, 0) is 12.1 Å². The molecule has 16 heavy (non-hydrogen) atoms. The van der Waals surface area contributed by atoms with Crippen LogP contribution in [0.3, 0.4) is 0 Å². The van der Waals surface area contributed by atoms with Gasteiger partial charge in [-0.2, -0.15) is 0 Å². The average molecular weight is 225 g/mol. The van der Waals surface area contributed by atoms with Gasteiger partial charge in [0.2, 0.25) is 5.91 Å². The number of aromatic carboxylic acids is 1. The van der Waals surface area contributed by atoms with E-state index in [-0.39, 0.29) is 12.1 Å². The molecule has 1 rings (SSSR count). The molecule has 0 saturated heterocycles. The maximum Gasteiger partial charge on any atom is 0.337 e. The summed E-state index contributed by atoms with van der Waals surface area (Å²) in [6, 6.07) is 2.78. The fraction of sp³-hybridized carbons (Fsp3) is 0.222. The van der Waals surface area contributed by atoms with Crippen molar-refractivity contribution in [3.05, 3.63) is 23.9 Å². The van der Waals surface area contributed by atoms with Crippen molar-refractivity contribution in [1.29, 1.82) is 0 Å². The van der Waals surface area contributed by atoms with Gasteiger partial charge in [0, 0.05) is 6.20 Å². The quantitative estimate of drug-likeness (QED) is 0.511. The minimum atomic E-state index is -1.30. The zero-order valence-electron chi connectivity index (χ0n) is 8.25. The highest BCUT2D eigenvalue weighted by Gasteiger charge is 2.10. The number of carboxylic acids is 1. The highest BCUT2D eigenvalue weighted by molar-refractivity contribution is 5.87. The Morgan fingerprint density at radius 3 is 2.62 bits per heavy atom. The smallest absolute Gasteiger partial charge is 0.337 e. The number of nitrogens with zero attached hydrogens (tertiary/aromatic N) is 1. The SMILES string of the molecule is NC(=O)C(O)CNc1ccc(C(=O)O)cn1. The Labute approximate surface area is 90.9 Å². The van der Waals surface area contributed by atoms with E-state index in [1.165, 1.54) is 18.3 Å². The Morgan fingerprint density at radius 2 is 2.19 bits per heavy atom. The van der Waals surface area contributed by atoms with E-state index in [1.807, 2.05) is 0 Å². The van der Waals surface area contributed by atoms with Crippen LogP contribution in [-0.4, -0.2) is 39.7 Å². The van der Waals surface area contributed by atoms with Crippen molar-refractivity contribution in [1.82, 2.24) is 4.98 Å². The van der Waals surface area contributed by atoms with Gasteiger partial charge in [-0.15, -0.1) is 0 Å². The largest absolute Gasteiger partial charge is 0.478 e. The number of carbonyl (C=O) groups excluding carboxylic acids is 1. The molecule has 0 aliphatic heterocycles. The highest BCUT2D eigenvalue weighted by Crippen LogP contribution is 2.04. The van der Waals surface area contributed by atoms with Crippen LogP contribution in [0.25, 0.3) is 0 Å². The number of aliphatic hydroxyl groups excluding tert-OH is 1. The molecular formula is C9H11N3O4. The van der Waals surface area contributed by atoms with Crippen LogP contribution in [-0.2, 0) is 4.79 Å². The lowest BCUT2D eigenvalue weighted by Crippen LogP contribution is -2.34. The number of anilines is 1. The van der Waals surface area contributed by atoms with Gasteiger partial charge in [0.05, 0.1) is 12.1 Å². The maximum atomic E-state index is 10.5. The molecule has 1 aromatic heterocycles. The number of hydrogen-bond donors (Lipinski definition) is 4. The number of carboxylic acid groups (broad SMARTS) is 1. The van der Waals surface area contributed by atoms with Crippen molar-refractivity contribution < 1.29 is 19.8 Å². The fourth-order valence-corrected chi connectivity index (χ4v) is 0.927. The molecule has 0 bridgehead atoms. The molecule has 5 N–H and O–H groups in total. The van der Waals surface area contributed by atoms with Crippen molar-refractivity contribution >= 4 is 17.7 Å². The number of nitrogens with one attached hydrogen (secondary N) is 1. The van der Waals surface area contributed by atoms with Gasteiger partial charge in [-0.3, -0.25) is 4.79 Å². The average Bonchev–Trinajstić information content (AvgIpc) is 2.26. The first-order chi connectivity index (χ1) is 7.50. The van der Waals surface area contributed by atoms with Crippen LogP contribution in [0.5, 0.6) is 0 Å². The highest BCUT2D eigenvalue weighted by atomic mass is 16.4. The van der Waals surface area contributed by atoms with Crippen LogP contribution in [0, 0.1) is 0 Å². The zero-order chi connectivity index (χ0) is 12.1. The maximum absolute atomic E-state index is 10.5. The molecule has 7 nitrogen and oxygen atoms in total. The second-order valence-corrected chi connectivity index (χ2v) is 3.04. The van der Waals surface area contributed by atoms with Crippen LogP contribution < -0.4 is 11.1 Å². The van der Waals surface area contributed by atoms with E-state index in [0.717, 1.165) is 0 Å². The fourth-order valence-electron chi connectivity index (χ4n) is 0.927. The second-order valence-electron chi connectivity index (χ2n) is 3.04. The molecule has 1 amide bonds. The lowest BCUT2D eigenvalue weighted by molar-refractivity contribution is -0.125. The van der Waals surface area contributed by atoms with Crippen molar-refractivity contribution in [3.63, 3.8) is 0 Å². The molecule has 1 unspecified atom stereocenters. The number of hydrogen-bond acceptors (Lipinski definition) is 5. The monoisotopic (exact) mass is 225 g/mol.